The van der Waals surface area contributed by atoms with E-state index in [9.17, 15) is 0 Å². The van der Waals surface area contributed by atoms with Gasteiger partial charge in [0.1, 0.15) is 0 Å². The highest BCUT2D eigenvalue weighted by molar-refractivity contribution is 5.56. The quantitative estimate of drug-likeness (QED) is 0.768. The maximum absolute atomic E-state index is 5.62. The van der Waals surface area contributed by atoms with Crippen LogP contribution < -0.4 is 19.7 Å². The monoisotopic (exact) mass is 252 g/mol. The number of ether oxygens (including phenoxy) is 2. The average Bonchev–Trinajstić information content (AvgIpc) is 2.38. The Morgan fingerprint density at radius 1 is 1.11 bits per heavy atom. The van der Waals surface area contributed by atoms with Crippen LogP contribution in [-0.4, -0.2) is 40.4 Å². The Labute approximate surface area is 110 Å². The molecule has 0 heterocycles. The molecule has 0 radical (unpaired) electrons. The fraction of sp³-hybridized carbons (Fsp3) is 0.571. The maximum atomic E-state index is 5.62. The molecule has 1 aromatic carbocycles. The van der Waals surface area contributed by atoms with Crippen molar-refractivity contribution < 1.29 is 9.47 Å². The van der Waals surface area contributed by atoms with Crippen LogP contribution >= 0.6 is 0 Å². The summed E-state index contributed by atoms with van der Waals surface area (Å²) in [6, 6.07) is 6.06. The number of nitrogens with one attached hydrogen (secondary N) is 1. The molecule has 4 nitrogen and oxygen atoms in total. The molecule has 0 saturated carbocycles. The van der Waals surface area contributed by atoms with Crippen LogP contribution in [-0.2, 0) is 0 Å². The molecule has 0 saturated heterocycles. The van der Waals surface area contributed by atoms with E-state index >= 15 is 0 Å². The van der Waals surface area contributed by atoms with Gasteiger partial charge in [0.2, 0.25) is 0 Å². The van der Waals surface area contributed by atoms with Gasteiger partial charge in [0.25, 0.3) is 0 Å². The topological polar surface area (TPSA) is 33.7 Å². The molecule has 1 rings (SSSR count). The third kappa shape index (κ3) is 4.11. The first-order chi connectivity index (χ1) is 8.72. The highest BCUT2D eigenvalue weighted by Crippen LogP contribution is 2.31. The zero-order valence-corrected chi connectivity index (χ0v) is 11.8. The minimum Gasteiger partial charge on any atom is -0.490 e. The van der Waals surface area contributed by atoms with Gasteiger partial charge < -0.3 is 19.7 Å². The number of hydrogen-bond acceptors (Lipinski definition) is 4. The standard InChI is InChI=1S/C14H24N2O2/c1-5-17-13-8-7-12(11-14(13)18-6-2)16(4)10-9-15-3/h7-8,11,15H,5-6,9-10H2,1-4H3. The van der Waals surface area contributed by atoms with Crippen molar-refractivity contribution >= 4 is 5.69 Å². The van der Waals surface area contributed by atoms with Gasteiger partial charge in [-0.3, -0.25) is 0 Å². The normalized spacial score (nSPS) is 10.2. The molecular formula is C14H24N2O2. The van der Waals surface area contributed by atoms with Crippen molar-refractivity contribution in [3.8, 4) is 11.5 Å². The minimum absolute atomic E-state index is 0.643. The van der Waals surface area contributed by atoms with Gasteiger partial charge in [-0.1, -0.05) is 0 Å². The summed E-state index contributed by atoms with van der Waals surface area (Å²) in [6.07, 6.45) is 0. The van der Waals surface area contributed by atoms with E-state index in [0.717, 1.165) is 30.3 Å². The van der Waals surface area contributed by atoms with E-state index in [1.54, 1.807) is 0 Å². The van der Waals surface area contributed by atoms with Crippen molar-refractivity contribution in [2.24, 2.45) is 0 Å². The first-order valence-corrected chi connectivity index (χ1v) is 6.48. The molecule has 0 unspecified atom stereocenters. The third-order valence-corrected chi connectivity index (χ3v) is 2.66. The highest BCUT2D eigenvalue weighted by Gasteiger charge is 2.08. The van der Waals surface area contributed by atoms with Crippen molar-refractivity contribution in [2.75, 3.05) is 45.3 Å². The van der Waals surface area contributed by atoms with E-state index in [1.807, 2.05) is 33.0 Å². The Balaban J connectivity index is 2.84. The molecule has 0 aliphatic rings. The van der Waals surface area contributed by atoms with Crippen molar-refractivity contribution in [3.05, 3.63) is 18.2 Å². The summed E-state index contributed by atoms with van der Waals surface area (Å²) in [6.45, 7) is 7.15. The molecule has 0 aliphatic heterocycles. The predicted octanol–water partition coefficient (Wildman–Crippen LogP) is 2.14. The summed E-state index contributed by atoms with van der Waals surface area (Å²) in [4.78, 5) is 2.19. The second kappa shape index (κ2) is 7.82. The van der Waals surface area contributed by atoms with Crippen molar-refractivity contribution in [1.82, 2.24) is 5.32 Å². The van der Waals surface area contributed by atoms with Gasteiger partial charge in [-0.15, -0.1) is 0 Å². The summed E-state index contributed by atoms with van der Waals surface area (Å²) in [5.41, 5.74) is 1.14. The number of anilines is 1. The van der Waals surface area contributed by atoms with Crippen LogP contribution in [0.5, 0.6) is 11.5 Å². The Kier molecular flexibility index (Phi) is 6.36. The molecule has 0 amide bonds. The van der Waals surface area contributed by atoms with Gasteiger partial charge >= 0.3 is 0 Å². The number of likely N-dealkylation sites (N-methyl/N-ethyl adjacent to an activating group) is 2. The second-order valence-electron chi connectivity index (χ2n) is 4.02. The van der Waals surface area contributed by atoms with Gasteiger partial charge in [0.15, 0.2) is 11.5 Å². The van der Waals surface area contributed by atoms with Crippen LogP contribution in [0.25, 0.3) is 0 Å². The van der Waals surface area contributed by atoms with Gasteiger partial charge in [-0.05, 0) is 33.0 Å². The van der Waals surface area contributed by atoms with Crippen LogP contribution in [0.4, 0.5) is 5.69 Å². The molecule has 102 valence electrons. The predicted molar refractivity (Wildman–Crippen MR) is 76.0 cm³/mol. The zero-order valence-electron chi connectivity index (χ0n) is 11.8. The van der Waals surface area contributed by atoms with Gasteiger partial charge in [0, 0.05) is 31.9 Å². The molecule has 1 N–H and O–H groups in total. The average molecular weight is 252 g/mol. The third-order valence-electron chi connectivity index (χ3n) is 2.66. The van der Waals surface area contributed by atoms with Crippen LogP contribution in [0.1, 0.15) is 13.8 Å². The van der Waals surface area contributed by atoms with Crippen LogP contribution in [0.2, 0.25) is 0 Å². The molecule has 0 aromatic heterocycles. The van der Waals surface area contributed by atoms with E-state index in [-0.39, 0.29) is 0 Å². The Hall–Kier alpha value is -1.42. The molecule has 0 bridgehead atoms. The zero-order chi connectivity index (χ0) is 13.4. The molecule has 18 heavy (non-hydrogen) atoms. The van der Waals surface area contributed by atoms with Crippen LogP contribution in [0.3, 0.4) is 0 Å². The van der Waals surface area contributed by atoms with E-state index in [1.165, 1.54) is 0 Å². The molecule has 0 spiro atoms. The Morgan fingerprint density at radius 3 is 2.39 bits per heavy atom. The number of hydrogen-bond donors (Lipinski definition) is 1. The first-order valence-electron chi connectivity index (χ1n) is 6.48. The molecule has 1 aromatic rings. The van der Waals surface area contributed by atoms with E-state index < -0.39 is 0 Å². The van der Waals surface area contributed by atoms with Gasteiger partial charge in [0.05, 0.1) is 13.2 Å². The fourth-order valence-corrected chi connectivity index (χ4v) is 1.69. The van der Waals surface area contributed by atoms with Crippen LogP contribution in [0.15, 0.2) is 18.2 Å². The highest BCUT2D eigenvalue weighted by atomic mass is 16.5. The molecule has 0 fully saturated rings. The van der Waals surface area contributed by atoms with Crippen molar-refractivity contribution in [3.63, 3.8) is 0 Å². The number of rotatable bonds is 8. The SMILES string of the molecule is CCOc1ccc(N(C)CCNC)cc1OCC. The molecular weight excluding hydrogens is 228 g/mol. The van der Waals surface area contributed by atoms with Crippen molar-refractivity contribution in [1.29, 1.82) is 0 Å². The van der Waals surface area contributed by atoms with E-state index in [4.69, 9.17) is 9.47 Å². The fourth-order valence-electron chi connectivity index (χ4n) is 1.69. The summed E-state index contributed by atoms with van der Waals surface area (Å²) in [7, 11) is 4.03. The van der Waals surface area contributed by atoms with Gasteiger partial charge in [-0.25, -0.2) is 0 Å². The lowest BCUT2D eigenvalue weighted by molar-refractivity contribution is 0.288. The smallest absolute Gasteiger partial charge is 0.163 e. The molecule has 0 atom stereocenters. The summed E-state index contributed by atoms with van der Waals surface area (Å²) < 4.78 is 11.2. The molecule has 0 aliphatic carbocycles. The first kappa shape index (κ1) is 14.6. The lowest BCUT2D eigenvalue weighted by Gasteiger charge is -2.21. The van der Waals surface area contributed by atoms with Crippen molar-refractivity contribution in [2.45, 2.75) is 13.8 Å². The lowest BCUT2D eigenvalue weighted by atomic mass is 10.2. The second-order valence-corrected chi connectivity index (χ2v) is 4.02. The van der Waals surface area contributed by atoms with Gasteiger partial charge in [-0.2, -0.15) is 0 Å². The maximum Gasteiger partial charge on any atom is 0.163 e. The Bertz CT molecular complexity index is 356. The summed E-state index contributed by atoms with van der Waals surface area (Å²) in [5.74, 6) is 1.62. The lowest BCUT2D eigenvalue weighted by Crippen LogP contribution is -2.27. The van der Waals surface area contributed by atoms with E-state index in [0.29, 0.717) is 13.2 Å². The number of nitrogens with zero attached hydrogens (tertiary/aromatic N) is 1. The van der Waals surface area contributed by atoms with E-state index in [2.05, 4.69) is 23.3 Å². The summed E-state index contributed by atoms with van der Waals surface area (Å²) >= 11 is 0. The summed E-state index contributed by atoms with van der Waals surface area (Å²) in [5, 5.41) is 3.14. The number of benzene rings is 1. The van der Waals surface area contributed by atoms with Crippen LogP contribution in [0, 0.1) is 0 Å². The largest absolute Gasteiger partial charge is 0.490 e. The Morgan fingerprint density at radius 2 is 1.78 bits per heavy atom. The minimum atomic E-state index is 0.643. The molecule has 4 heteroatoms.